The molecule has 0 bridgehead atoms. The molecule has 0 saturated heterocycles. The highest BCUT2D eigenvalue weighted by molar-refractivity contribution is 6.03. The van der Waals surface area contributed by atoms with Gasteiger partial charge in [0, 0.05) is 22.9 Å². The van der Waals surface area contributed by atoms with E-state index in [2.05, 4.69) is 4.98 Å². The quantitative estimate of drug-likeness (QED) is 0.497. The molecule has 0 amide bonds. The van der Waals surface area contributed by atoms with Crippen molar-refractivity contribution in [2.45, 2.75) is 27.7 Å². The van der Waals surface area contributed by atoms with Crippen LogP contribution in [0.15, 0.2) is 18.2 Å². The summed E-state index contributed by atoms with van der Waals surface area (Å²) in [5.41, 5.74) is 2.57. The minimum atomic E-state index is -0.474. The Morgan fingerprint density at radius 3 is 2.42 bits per heavy atom. The Hall–Kier alpha value is -2.96. The smallest absolute Gasteiger partial charge is 0.272 e. The van der Waals surface area contributed by atoms with E-state index in [1.165, 1.54) is 25.1 Å². The van der Waals surface area contributed by atoms with Gasteiger partial charge in [-0.3, -0.25) is 19.7 Å². The molecule has 0 aliphatic rings. The van der Waals surface area contributed by atoms with Crippen molar-refractivity contribution in [2.24, 2.45) is 0 Å². The summed E-state index contributed by atoms with van der Waals surface area (Å²) in [6.45, 7) is 6.28. The Bertz CT molecular complexity index is 836. The van der Waals surface area contributed by atoms with E-state index in [9.17, 15) is 19.7 Å². The van der Waals surface area contributed by atoms with Crippen LogP contribution in [0.2, 0.25) is 0 Å². The molecule has 0 aliphatic carbocycles. The predicted molar refractivity (Wildman–Crippen MR) is 87.9 cm³/mol. The van der Waals surface area contributed by atoms with Gasteiger partial charge in [-0.15, -0.1) is 0 Å². The minimum absolute atomic E-state index is 0.00406. The second-order valence-corrected chi connectivity index (χ2v) is 5.60. The summed E-state index contributed by atoms with van der Waals surface area (Å²) in [6.07, 6.45) is 0. The Kier molecular flexibility index (Phi) is 4.82. The molecule has 1 heterocycles. The Balaban J connectivity index is 2.14. The fourth-order valence-electron chi connectivity index (χ4n) is 2.70. The normalized spacial score (nSPS) is 10.5. The number of nitro benzene ring substituents is 1. The summed E-state index contributed by atoms with van der Waals surface area (Å²) in [5, 5.41) is 10.8. The van der Waals surface area contributed by atoms with E-state index < -0.39 is 4.92 Å². The van der Waals surface area contributed by atoms with Crippen LogP contribution in [0, 0.1) is 30.9 Å². The number of aryl methyl sites for hydroxylation is 2. The first kappa shape index (κ1) is 17.4. The van der Waals surface area contributed by atoms with Crippen molar-refractivity contribution in [3.8, 4) is 5.75 Å². The van der Waals surface area contributed by atoms with Gasteiger partial charge in [0.25, 0.3) is 5.69 Å². The molecule has 0 atom stereocenters. The van der Waals surface area contributed by atoms with Gasteiger partial charge in [-0.1, -0.05) is 0 Å². The summed E-state index contributed by atoms with van der Waals surface area (Å²) in [5.74, 6) is -0.0227. The zero-order chi connectivity index (χ0) is 18.0. The average Bonchev–Trinajstić information content (AvgIpc) is 2.79. The number of hydrogen-bond acceptors (Lipinski definition) is 5. The molecular weight excluding hydrogens is 312 g/mol. The topological polar surface area (TPSA) is 102 Å². The van der Waals surface area contributed by atoms with Crippen LogP contribution in [0.5, 0.6) is 5.75 Å². The number of carbonyl (C=O) groups is 2. The first-order valence-electron chi connectivity index (χ1n) is 7.33. The molecule has 7 heteroatoms. The second-order valence-electron chi connectivity index (χ2n) is 5.60. The summed E-state index contributed by atoms with van der Waals surface area (Å²) in [7, 11) is 0. The van der Waals surface area contributed by atoms with Crippen LogP contribution in [0.3, 0.4) is 0 Å². The largest absolute Gasteiger partial charge is 0.485 e. The number of Topliss-reactive ketones (excluding diaryl/α,β-unsaturated/α-hetero) is 2. The number of ether oxygens (including phenoxy) is 1. The fourth-order valence-corrected chi connectivity index (χ4v) is 2.70. The number of ketones is 2. The summed E-state index contributed by atoms with van der Waals surface area (Å²) < 4.78 is 5.43. The molecule has 0 aliphatic heterocycles. The highest BCUT2D eigenvalue weighted by Gasteiger charge is 2.20. The maximum atomic E-state index is 12.3. The second kappa shape index (κ2) is 6.66. The minimum Gasteiger partial charge on any atom is -0.485 e. The highest BCUT2D eigenvalue weighted by atomic mass is 16.6. The predicted octanol–water partition coefficient (Wildman–Crippen LogP) is 3.31. The molecule has 24 heavy (non-hydrogen) atoms. The number of hydrogen-bond donors (Lipinski definition) is 1. The molecule has 7 nitrogen and oxygen atoms in total. The number of benzene rings is 1. The van der Waals surface area contributed by atoms with Gasteiger partial charge in [0.05, 0.1) is 10.6 Å². The molecular formula is C17H18N2O5. The number of carbonyl (C=O) groups excluding carboxylic acids is 2. The molecule has 1 N–H and O–H groups in total. The Labute approximate surface area is 138 Å². The summed E-state index contributed by atoms with van der Waals surface area (Å²) in [6, 6.07) is 4.30. The molecule has 126 valence electrons. The van der Waals surface area contributed by atoms with Gasteiger partial charge in [0.15, 0.2) is 12.4 Å². The summed E-state index contributed by atoms with van der Waals surface area (Å²) in [4.78, 5) is 37.2. The van der Waals surface area contributed by atoms with Crippen LogP contribution < -0.4 is 4.74 Å². The maximum Gasteiger partial charge on any atom is 0.272 e. The van der Waals surface area contributed by atoms with Gasteiger partial charge >= 0.3 is 0 Å². The van der Waals surface area contributed by atoms with Crippen molar-refractivity contribution in [3.05, 3.63) is 56.4 Å². The summed E-state index contributed by atoms with van der Waals surface area (Å²) >= 11 is 0. The van der Waals surface area contributed by atoms with E-state index in [0.29, 0.717) is 33.8 Å². The molecule has 0 fully saturated rings. The third-order valence-electron chi connectivity index (χ3n) is 3.80. The van der Waals surface area contributed by atoms with Gasteiger partial charge in [-0.25, -0.2) is 0 Å². The lowest BCUT2D eigenvalue weighted by Crippen LogP contribution is -2.13. The van der Waals surface area contributed by atoms with E-state index in [1.54, 1.807) is 20.8 Å². The number of aromatic nitrogens is 1. The highest BCUT2D eigenvalue weighted by Crippen LogP contribution is 2.24. The van der Waals surface area contributed by atoms with Gasteiger partial charge in [-0.05, 0) is 45.4 Å². The monoisotopic (exact) mass is 330 g/mol. The lowest BCUT2D eigenvalue weighted by atomic mass is 10.1. The first-order valence-corrected chi connectivity index (χ1v) is 7.33. The zero-order valence-corrected chi connectivity index (χ0v) is 13.9. The molecule has 0 unspecified atom stereocenters. The van der Waals surface area contributed by atoms with E-state index >= 15 is 0 Å². The molecule has 0 saturated carbocycles. The van der Waals surface area contributed by atoms with Crippen molar-refractivity contribution >= 4 is 17.3 Å². The average molecular weight is 330 g/mol. The SMILES string of the molecule is CC(=O)c1c(C)[nH]c(C(=O)COc2ccc([N+](=O)[O-])c(C)c2)c1C. The Morgan fingerprint density at radius 2 is 1.92 bits per heavy atom. The molecule has 1 aromatic carbocycles. The molecule has 0 radical (unpaired) electrons. The van der Waals surface area contributed by atoms with Crippen LogP contribution in [0.1, 0.15) is 44.6 Å². The third-order valence-corrected chi connectivity index (χ3v) is 3.80. The van der Waals surface area contributed by atoms with Gasteiger partial charge < -0.3 is 9.72 Å². The molecule has 1 aromatic heterocycles. The fraction of sp³-hybridized carbons (Fsp3) is 0.294. The van der Waals surface area contributed by atoms with E-state index in [1.807, 2.05) is 0 Å². The van der Waals surface area contributed by atoms with Gasteiger partial charge in [0.2, 0.25) is 5.78 Å². The van der Waals surface area contributed by atoms with Crippen LogP contribution in [0.25, 0.3) is 0 Å². The lowest BCUT2D eigenvalue weighted by molar-refractivity contribution is -0.385. The van der Waals surface area contributed by atoms with Crippen LogP contribution in [-0.2, 0) is 0 Å². The van der Waals surface area contributed by atoms with Gasteiger partial charge in [0.1, 0.15) is 5.75 Å². The van der Waals surface area contributed by atoms with Crippen LogP contribution in [0.4, 0.5) is 5.69 Å². The maximum absolute atomic E-state index is 12.3. The Morgan fingerprint density at radius 1 is 1.25 bits per heavy atom. The van der Waals surface area contributed by atoms with Gasteiger partial charge in [-0.2, -0.15) is 0 Å². The van der Waals surface area contributed by atoms with Crippen molar-refractivity contribution in [1.82, 2.24) is 4.98 Å². The number of rotatable bonds is 6. The lowest BCUT2D eigenvalue weighted by Gasteiger charge is -2.06. The number of aromatic amines is 1. The number of H-pyrrole nitrogens is 1. The van der Waals surface area contributed by atoms with Crippen molar-refractivity contribution < 1.29 is 19.2 Å². The number of nitrogens with one attached hydrogen (secondary N) is 1. The van der Waals surface area contributed by atoms with Crippen LogP contribution >= 0.6 is 0 Å². The van der Waals surface area contributed by atoms with E-state index in [4.69, 9.17) is 4.74 Å². The molecule has 2 rings (SSSR count). The van der Waals surface area contributed by atoms with Crippen molar-refractivity contribution in [2.75, 3.05) is 6.61 Å². The van der Waals surface area contributed by atoms with Crippen LogP contribution in [-0.4, -0.2) is 28.1 Å². The third kappa shape index (κ3) is 3.34. The molecule has 2 aromatic rings. The standard InChI is InChI=1S/C17H18N2O5/c1-9-7-13(5-6-14(9)19(22)23)24-8-15(21)17-10(2)16(12(4)20)11(3)18-17/h5-7,18H,8H2,1-4H3. The number of nitro groups is 1. The van der Waals surface area contributed by atoms with E-state index in [-0.39, 0.29) is 23.9 Å². The number of nitrogens with zero attached hydrogens (tertiary/aromatic N) is 1. The van der Waals surface area contributed by atoms with Crippen molar-refractivity contribution in [1.29, 1.82) is 0 Å². The van der Waals surface area contributed by atoms with Crippen molar-refractivity contribution in [3.63, 3.8) is 0 Å². The zero-order valence-electron chi connectivity index (χ0n) is 13.9. The molecule has 0 spiro atoms. The van der Waals surface area contributed by atoms with E-state index in [0.717, 1.165) is 0 Å². The first-order chi connectivity index (χ1) is 11.2.